The second kappa shape index (κ2) is 9.61. The van der Waals surface area contributed by atoms with Crippen molar-refractivity contribution in [2.24, 2.45) is 0 Å². The van der Waals surface area contributed by atoms with Gasteiger partial charge in [-0.25, -0.2) is 0 Å². The molecule has 0 bridgehead atoms. The van der Waals surface area contributed by atoms with Crippen molar-refractivity contribution in [3.63, 3.8) is 0 Å². The quantitative estimate of drug-likeness (QED) is 0.204. The van der Waals surface area contributed by atoms with Crippen LogP contribution < -0.4 is 0 Å². The molecule has 0 aliphatic rings. The maximum atomic E-state index is 6.33. The SMILES string of the molecule is C=Cc1cc2oc3ccc(-c4c5ccccc5c(-c5ccc6ccccc6c5)c5ccccc45)cc3c2cc1/C=C\C. The molecular weight excluding hydrogens is 508 g/mol. The number of rotatable bonds is 4. The average Bonchev–Trinajstić information content (AvgIpc) is 3.39. The van der Waals surface area contributed by atoms with Gasteiger partial charge in [0.15, 0.2) is 0 Å². The molecule has 0 saturated carbocycles. The highest BCUT2D eigenvalue weighted by molar-refractivity contribution is 6.22. The van der Waals surface area contributed by atoms with Crippen LogP contribution in [0.15, 0.2) is 138 Å². The predicted molar refractivity (Wildman–Crippen MR) is 182 cm³/mol. The molecule has 0 spiro atoms. The third-order valence-electron chi connectivity index (χ3n) is 8.50. The predicted octanol–water partition coefficient (Wildman–Crippen LogP) is 12.1. The zero-order valence-electron chi connectivity index (χ0n) is 23.4. The molecule has 1 heterocycles. The summed E-state index contributed by atoms with van der Waals surface area (Å²) in [7, 11) is 0. The Morgan fingerprint density at radius 1 is 0.500 bits per heavy atom. The van der Waals surface area contributed by atoms with Crippen LogP contribution in [0, 0.1) is 0 Å². The van der Waals surface area contributed by atoms with Gasteiger partial charge in [-0.1, -0.05) is 116 Å². The second-order valence-electron chi connectivity index (χ2n) is 10.9. The van der Waals surface area contributed by atoms with Gasteiger partial charge in [0.1, 0.15) is 11.2 Å². The summed E-state index contributed by atoms with van der Waals surface area (Å²) in [5.41, 5.74) is 8.93. The molecule has 8 aromatic rings. The van der Waals surface area contributed by atoms with Crippen LogP contribution in [-0.4, -0.2) is 0 Å². The molecule has 198 valence electrons. The van der Waals surface area contributed by atoms with Gasteiger partial charge in [0.25, 0.3) is 0 Å². The summed E-state index contributed by atoms with van der Waals surface area (Å²) < 4.78 is 6.33. The number of allylic oxidation sites excluding steroid dienone is 1. The van der Waals surface area contributed by atoms with Crippen LogP contribution in [0.25, 0.3) is 88.7 Å². The smallest absolute Gasteiger partial charge is 0.136 e. The summed E-state index contributed by atoms with van der Waals surface area (Å²) in [5.74, 6) is 0. The Morgan fingerprint density at radius 3 is 1.71 bits per heavy atom. The van der Waals surface area contributed by atoms with Crippen molar-refractivity contribution in [3.8, 4) is 22.3 Å². The Bertz CT molecular complexity index is 2320. The number of hydrogen-bond acceptors (Lipinski definition) is 1. The van der Waals surface area contributed by atoms with Crippen molar-refractivity contribution in [2.75, 3.05) is 0 Å². The molecule has 0 saturated heterocycles. The first-order chi connectivity index (χ1) is 20.7. The van der Waals surface area contributed by atoms with Gasteiger partial charge in [-0.3, -0.25) is 0 Å². The highest BCUT2D eigenvalue weighted by Gasteiger charge is 2.18. The van der Waals surface area contributed by atoms with Crippen LogP contribution >= 0.6 is 0 Å². The summed E-state index contributed by atoms with van der Waals surface area (Å²) in [4.78, 5) is 0. The molecule has 0 unspecified atom stereocenters. The first kappa shape index (κ1) is 24.4. The van der Waals surface area contributed by atoms with Gasteiger partial charge < -0.3 is 4.42 Å². The molecule has 0 radical (unpaired) electrons. The Labute approximate surface area is 244 Å². The van der Waals surface area contributed by atoms with Gasteiger partial charge in [-0.15, -0.1) is 0 Å². The first-order valence-electron chi connectivity index (χ1n) is 14.4. The molecule has 0 aliphatic heterocycles. The van der Waals surface area contributed by atoms with Crippen molar-refractivity contribution in [1.29, 1.82) is 0 Å². The molecule has 0 aliphatic carbocycles. The van der Waals surface area contributed by atoms with E-state index < -0.39 is 0 Å². The molecule has 1 nitrogen and oxygen atoms in total. The maximum Gasteiger partial charge on any atom is 0.136 e. The van der Waals surface area contributed by atoms with E-state index in [1.54, 1.807) is 0 Å². The molecule has 0 N–H and O–H groups in total. The van der Waals surface area contributed by atoms with Gasteiger partial charge >= 0.3 is 0 Å². The lowest BCUT2D eigenvalue weighted by molar-refractivity contribution is 0.669. The van der Waals surface area contributed by atoms with Crippen LogP contribution in [-0.2, 0) is 0 Å². The first-order valence-corrected chi connectivity index (χ1v) is 14.4. The molecule has 0 amide bonds. The molecule has 1 heteroatoms. The molecule has 1 aromatic heterocycles. The van der Waals surface area contributed by atoms with Crippen LogP contribution in [0.2, 0.25) is 0 Å². The Morgan fingerprint density at radius 2 is 1.07 bits per heavy atom. The highest BCUT2D eigenvalue weighted by atomic mass is 16.3. The van der Waals surface area contributed by atoms with E-state index in [1.165, 1.54) is 54.6 Å². The van der Waals surface area contributed by atoms with E-state index in [1.807, 2.05) is 13.0 Å². The van der Waals surface area contributed by atoms with Crippen LogP contribution in [0.3, 0.4) is 0 Å². The highest BCUT2D eigenvalue weighted by Crippen LogP contribution is 2.45. The minimum Gasteiger partial charge on any atom is -0.456 e. The van der Waals surface area contributed by atoms with E-state index in [0.29, 0.717) is 0 Å². The maximum absolute atomic E-state index is 6.33. The zero-order valence-corrected chi connectivity index (χ0v) is 23.4. The van der Waals surface area contributed by atoms with Crippen LogP contribution in [0.5, 0.6) is 0 Å². The molecular formula is C41H28O. The Kier molecular flexibility index (Phi) is 5.58. The van der Waals surface area contributed by atoms with Crippen molar-refractivity contribution in [3.05, 3.63) is 145 Å². The fraction of sp³-hybridized carbons (Fsp3) is 0.0244. The lowest BCUT2D eigenvalue weighted by Crippen LogP contribution is -1.91. The Hall–Kier alpha value is -5.40. The largest absolute Gasteiger partial charge is 0.456 e. The number of hydrogen-bond donors (Lipinski definition) is 0. The monoisotopic (exact) mass is 536 g/mol. The normalized spacial score (nSPS) is 11.9. The fourth-order valence-corrected chi connectivity index (χ4v) is 6.61. The summed E-state index contributed by atoms with van der Waals surface area (Å²) in [5, 5.41) is 9.74. The minimum atomic E-state index is 0.881. The number of furan rings is 1. The second-order valence-corrected chi connectivity index (χ2v) is 10.9. The molecule has 0 fully saturated rings. The number of benzene rings is 7. The molecule has 0 atom stereocenters. The lowest BCUT2D eigenvalue weighted by atomic mass is 9.85. The van der Waals surface area contributed by atoms with E-state index in [2.05, 4.69) is 140 Å². The third kappa shape index (κ3) is 3.71. The minimum absolute atomic E-state index is 0.881. The number of fused-ring (bicyclic) bond motifs is 6. The summed E-state index contributed by atoms with van der Waals surface area (Å²) in [6.07, 6.45) is 6.09. The van der Waals surface area contributed by atoms with Gasteiger partial charge in [-0.05, 0) is 103 Å². The van der Waals surface area contributed by atoms with Crippen molar-refractivity contribution in [1.82, 2.24) is 0 Å². The lowest BCUT2D eigenvalue weighted by Gasteiger charge is -2.18. The van der Waals surface area contributed by atoms with E-state index in [0.717, 1.165) is 33.1 Å². The topological polar surface area (TPSA) is 13.1 Å². The van der Waals surface area contributed by atoms with Crippen molar-refractivity contribution >= 4 is 66.4 Å². The average molecular weight is 537 g/mol. The molecule has 42 heavy (non-hydrogen) atoms. The summed E-state index contributed by atoms with van der Waals surface area (Å²) >= 11 is 0. The zero-order chi connectivity index (χ0) is 28.2. The van der Waals surface area contributed by atoms with Crippen molar-refractivity contribution < 1.29 is 4.42 Å². The molecule has 7 aromatic carbocycles. The standard InChI is InChI=1S/C41H28O/c1-3-11-28-23-37-36-24-31(20-21-38(36)42-39(37)25-26(28)4-2)41-34-16-9-7-14-32(34)40(33-15-8-10-17-35(33)41)30-19-18-27-12-5-6-13-29(27)22-30/h3-25H,2H2,1H3/b11-3-. The van der Waals surface area contributed by atoms with E-state index >= 15 is 0 Å². The van der Waals surface area contributed by atoms with Crippen LogP contribution in [0.1, 0.15) is 18.1 Å². The van der Waals surface area contributed by atoms with Gasteiger partial charge in [0.2, 0.25) is 0 Å². The van der Waals surface area contributed by atoms with E-state index in [4.69, 9.17) is 4.42 Å². The Balaban J connectivity index is 1.44. The van der Waals surface area contributed by atoms with Gasteiger partial charge in [-0.2, -0.15) is 0 Å². The third-order valence-corrected chi connectivity index (χ3v) is 8.50. The van der Waals surface area contributed by atoms with E-state index in [-0.39, 0.29) is 0 Å². The summed E-state index contributed by atoms with van der Waals surface area (Å²) in [6.45, 7) is 6.06. The van der Waals surface area contributed by atoms with Crippen LogP contribution in [0.4, 0.5) is 0 Å². The van der Waals surface area contributed by atoms with Crippen molar-refractivity contribution in [2.45, 2.75) is 6.92 Å². The van der Waals surface area contributed by atoms with E-state index in [9.17, 15) is 0 Å². The van der Waals surface area contributed by atoms with Gasteiger partial charge in [0, 0.05) is 10.8 Å². The summed E-state index contributed by atoms with van der Waals surface area (Å²) in [6, 6.07) is 44.0. The fourth-order valence-electron chi connectivity index (χ4n) is 6.61. The molecule has 8 rings (SSSR count). The van der Waals surface area contributed by atoms with Gasteiger partial charge in [0.05, 0.1) is 0 Å².